The Morgan fingerprint density at radius 1 is 1.17 bits per heavy atom. The number of hydrogen-bond acceptors (Lipinski definition) is 6. The molecule has 0 radical (unpaired) electrons. The summed E-state index contributed by atoms with van der Waals surface area (Å²) >= 11 is 1.85. The van der Waals surface area contributed by atoms with Crippen molar-refractivity contribution in [3.63, 3.8) is 0 Å². The number of hydrogen-bond donors (Lipinski definition) is 1. The molecule has 0 amide bonds. The van der Waals surface area contributed by atoms with Gasteiger partial charge in [0.15, 0.2) is 5.82 Å². The molecule has 9 heteroatoms. The lowest BCUT2D eigenvalue weighted by Gasteiger charge is -2.22. The molecule has 29 heavy (non-hydrogen) atoms. The van der Waals surface area contributed by atoms with Crippen molar-refractivity contribution in [2.45, 2.75) is 39.4 Å². The van der Waals surface area contributed by atoms with Crippen molar-refractivity contribution in [1.82, 2.24) is 24.4 Å². The third kappa shape index (κ3) is 4.69. The molecule has 4 rings (SSSR count). The molecule has 3 heterocycles. The van der Waals surface area contributed by atoms with Crippen LogP contribution in [0, 0.1) is 5.92 Å². The van der Waals surface area contributed by atoms with Crippen LogP contribution in [0.25, 0.3) is 10.1 Å². The van der Waals surface area contributed by atoms with Gasteiger partial charge in [0.2, 0.25) is 10.0 Å². The first-order chi connectivity index (χ1) is 13.8. The fourth-order valence-corrected chi connectivity index (χ4v) is 5.78. The summed E-state index contributed by atoms with van der Waals surface area (Å²) in [5, 5.41) is 10.0. The summed E-state index contributed by atoms with van der Waals surface area (Å²) in [5.74, 6) is 1.72. The molecule has 0 aliphatic carbocycles. The molecule has 7 nitrogen and oxygen atoms in total. The first-order valence-electron chi connectivity index (χ1n) is 9.89. The Morgan fingerprint density at radius 3 is 2.69 bits per heavy atom. The van der Waals surface area contributed by atoms with Gasteiger partial charge in [-0.1, -0.05) is 32.0 Å². The average Bonchev–Trinajstić information content (AvgIpc) is 3.18. The van der Waals surface area contributed by atoms with E-state index in [-0.39, 0.29) is 12.0 Å². The molecule has 0 saturated carbocycles. The smallest absolute Gasteiger partial charge is 0.209 e. The van der Waals surface area contributed by atoms with Crippen LogP contribution in [-0.4, -0.2) is 47.4 Å². The molecular formula is C20H27N5O2S2. The van der Waals surface area contributed by atoms with Crippen molar-refractivity contribution < 1.29 is 8.42 Å². The monoisotopic (exact) mass is 433 g/mol. The predicted octanol–water partition coefficient (Wildman–Crippen LogP) is 2.80. The third-order valence-corrected chi connectivity index (χ3v) is 7.07. The second-order valence-corrected chi connectivity index (χ2v) is 11.0. The second-order valence-electron chi connectivity index (χ2n) is 8.01. The molecular weight excluding hydrogens is 406 g/mol. The highest BCUT2D eigenvalue weighted by Gasteiger charge is 2.28. The van der Waals surface area contributed by atoms with Gasteiger partial charge in [-0.05, 0) is 23.4 Å². The van der Waals surface area contributed by atoms with Gasteiger partial charge in [-0.15, -0.1) is 21.5 Å². The summed E-state index contributed by atoms with van der Waals surface area (Å²) in [5.41, 5.74) is 0. The number of rotatable bonds is 6. The lowest BCUT2D eigenvalue weighted by Crippen LogP contribution is -2.33. The number of thiophene rings is 1. The maximum atomic E-state index is 11.8. The van der Waals surface area contributed by atoms with Gasteiger partial charge in [0.1, 0.15) is 5.82 Å². The lowest BCUT2D eigenvalue weighted by molar-refractivity contribution is 0.271. The fraction of sp³-hybridized carbons (Fsp3) is 0.500. The Bertz CT molecular complexity index is 1070. The summed E-state index contributed by atoms with van der Waals surface area (Å²) in [7, 11) is -3.33. The first kappa shape index (κ1) is 20.5. The molecule has 0 fully saturated rings. The lowest BCUT2D eigenvalue weighted by atomic mass is 10.1. The minimum atomic E-state index is -3.33. The van der Waals surface area contributed by atoms with Gasteiger partial charge in [0.25, 0.3) is 0 Å². The minimum Gasteiger partial charge on any atom is -0.312 e. The van der Waals surface area contributed by atoms with Crippen molar-refractivity contribution in [2.24, 2.45) is 5.92 Å². The van der Waals surface area contributed by atoms with E-state index in [1.54, 1.807) is 0 Å². The van der Waals surface area contributed by atoms with Crippen molar-refractivity contribution in [3.05, 3.63) is 46.9 Å². The van der Waals surface area contributed by atoms with E-state index < -0.39 is 10.0 Å². The van der Waals surface area contributed by atoms with Crippen LogP contribution < -0.4 is 4.72 Å². The number of sulfonamides is 1. The molecule has 1 aliphatic rings. The number of aromatic nitrogens is 3. The van der Waals surface area contributed by atoms with E-state index in [0.29, 0.717) is 5.82 Å². The zero-order valence-corrected chi connectivity index (χ0v) is 18.6. The van der Waals surface area contributed by atoms with E-state index in [9.17, 15) is 8.42 Å². The predicted molar refractivity (Wildman–Crippen MR) is 116 cm³/mol. The summed E-state index contributed by atoms with van der Waals surface area (Å²) in [6.45, 7) is 7.47. The Morgan fingerprint density at radius 2 is 1.97 bits per heavy atom. The van der Waals surface area contributed by atoms with Gasteiger partial charge in [-0.25, -0.2) is 13.1 Å². The first-order valence-corrected chi connectivity index (χ1v) is 12.6. The highest BCUT2D eigenvalue weighted by molar-refractivity contribution is 7.88. The average molecular weight is 434 g/mol. The van der Waals surface area contributed by atoms with Crippen molar-refractivity contribution in [3.8, 4) is 0 Å². The standard InChI is InChI=1S/C20H27N5O2S2/c1-14(2)19(23-29(3,26)27)20-22-21-18-8-9-24(10-11-25(18)20)13-16-12-15-6-4-5-7-17(15)28-16/h4-7,12,14,19,23H,8-11,13H2,1-3H3. The molecule has 1 atom stereocenters. The zero-order valence-electron chi connectivity index (χ0n) is 17.0. The largest absolute Gasteiger partial charge is 0.312 e. The molecule has 156 valence electrons. The van der Waals surface area contributed by atoms with Crippen LogP contribution in [0.3, 0.4) is 0 Å². The highest BCUT2D eigenvalue weighted by Crippen LogP contribution is 2.27. The van der Waals surface area contributed by atoms with Crippen LogP contribution in [0.15, 0.2) is 30.3 Å². The fourth-order valence-electron chi connectivity index (χ4n) is 3.83. The van der Waals surface area contributed by atoms with E-state index in [1.165, 1.54) is 21.2 Å². The Labute approximate surface area is 175 Å². The summed E-state index contributed by atoms with van der Waals surface area (Å²) < 4.78 is 29.8. The van der Waals surface area contributed by atoms with E-state index in [2.05, 4.69) is 54.7 Å². The molecule has 0 spiro atoms. The number of nitrogens with zero attached hydrogens (tertiary/aromatic N) is 4. The van der Waals surface area contributed by atoms with Crippen LogP contribution in [0.2, 0.25) is 0 Å². The van der Waals surface area contributed by atoms with E-state index in [0.717, 1.165) is 38.4 Å². The van der Waals surface area contributed by atoms with Crippen LogP contribution in [0.1, 0.15) is 36.4 Å². The Hall–Kier alpha value is -1.81. The molecule has 2 aromatic heterocycles. The highest BCUT2D eigenvalue weighted by atomic mass is 32.2. The van der Waals surface area contributed by atoms with E-state index in [4.69, 9.17) is 0 Å². The summed E-state index contributed by atoms with van der Waals surface area (Å²) in [6, 6.07) is 10.4. The van der Waals surface area contributed by atoms with Gasteiger partial charge in [0, 0.05) is 42.2 Å². The minimum absolute atomic E-state index is 0.0796. The molecule has 0 bridgehead atoms. The van der Waals surface area contributed by atoms with Crippen molar-refractivity contribution >= 4 is 31.4 Å². The molecule has 1 aromatic carbocycles. The number of fused-ring (bicyclic) bond motifs is 2. The third-order valence-electron chi connectivity index (χ3n) is 5.29. The van der Waals surface area contributed by atoms with Crippen LogP contribution in [0.5, 0.6) is 0 Å². The van der Waals surface area contributed by atoms with Crippen molar-refractivity contribution in [2.75, 3.05) is 19.3 Å². The zero-order chi connectivity index (χ0) is 20.6. The maximum Gasteiger partial charge on any atom is 0.209 e. The van der Waals surface area contributed by atoms with Gasteiger partial charge in [-0.2, -0.15) is 0 Å². The van der Waals surface area contributed by atoms with Gasteiger partial charge in [0.05, 0.1) is 12.3 Å². The van der Waals surface area contributed by atoms with E-state index in [1.807, 2.05) is 25.2 Å². The Kier molecular flexibility index (Phi) is 5.74. The summed E-state index contributed by atoms with van der Waals surface area (Å²) in [4.78, 5) is 3.81. The quantitative estimate of drug-likeness (QED) is 0.647. The molecule has 1 unspecified atom stereocenters. The van der Waals surface area contributed by atoms with Crippen molar-refractivity contribution in [1.29, 1.82) is 0 Å². The van der Waals surface area contributed by atoms with Gasteiger partial charge >= 0.3 is 0 Å². The van der Waals surface area contributed by atoms with Gasteiger partial charge < -0.3 is 4.57 Å². The molecule has 0 saturated heterocycles. The maximum absolute atomic E-state index is 11.8. The van der Waals surface area contributed by atoms with Crippen LogP contribution in [-0.2, 0) is 29.5 Å². The van der Waals surface area contributed by atoms with Gasteiger partial charge in [-0.3, -0.25) is 4.90 Å². The number of nitrogens with one attached hydrogen (secondary N) is 1. The normalized spacial score (nSPS) is 16.8. The van der Waals surface area contributed by atoms with E-state index >= 15 is 0 Å². The molecule has 3 aromatic rings. The second kappa shape index (κ2) is 8.14. The summed E-state index contributed by atoms with van der Waals surface area (Å²) in [6.07, 6.45) is 2.00. The number of benzene rings is 1. The molecule has 1 aliphatic heterocycles. The Balaban J connectivity index is 1.50. The molecule has 1 N–H and O–H groups in total. The SMILES string of the molecule is CC(C)C(NS(C)(=O)=O)c1nnc2n1CCN(Cc1cc3ccccc3s1)CC2. The van der Waals surface area contributed by atoms with Crippen LogP contribution >= 0.6 is 11.3 Å². The topological polar surface area (TPSA) is 80.1 Å². The van der Waals surface area contributed by atoms with Crippen LogP contribution in [0.4, 0.5) is 0 Å².